The molecule has 1 N–H and O–H groups in total. The number of fused-ring (bicyclic) bond motifs is 1. The van der Waals surface area contributed by atoms with Crippen molar-refractivity contribution < 1.29 is 4.79 Å². The highest BCUT2D eigenvalue weighted by Gasteiger charge is 2.23. The van der Waals surface area contributed by atoms with Crippen LogP contribution in [0.2, 0.25) is 0 Å². The molecule has 1 aromatic carbocycles. The molecule has 0 saturated carbocycles. The lowest BCUT2D eigenvalue weighted by Crippen LogP contribution is -2.14. The van der Waals surface area contributed by atoms with E-state index in [1.54, 1.807) is 23.1 Å². The van der Waals surface area contributed by atoms with Gasteiger partial charge >= 0.3 is 0 Å². The minimum Gasteiger partial charge on any atom is -0.358 e. The van der Waals surface area contributed by atoms with Crippen LogP contribution in [-0.2, 0) is 0 Å². The van der Waals surface area contributed by atoms with E-state index in [-0.39, 0.29) is 11.0 Å². The standard InChI is InChI=1S/C16H17N3OS3/c1-4-21-15-18-19-16(23-15)22-10(3)14(20)13-9(2)17-12-8-6-5-7-11(12)13/h5-8,10,17H,4H2,1-3H3/t10-/m0/s1. The number of aromatic amines is 1. The number of hydrogen-bond donors (Lipinski definition) is 1. The van der Waals surface area contributed by atoms with Crippen molar-refractivity contribution in [3.63, 3.8) is 0 Å². The summed E-state index contributed by atoms with van der Waals surface area (Å²) in [5.74, 6) is 1.10. The number of carbonyl (C=O) groups excluding carboxylic acids is 1. The largest absolute Gasteiger partial charge is 0.358 e. The summed E-state index contributed by atoms with van der Waals surface area (Å²) in [4.78, 5) is 16.2. The van der Waals surface area contributed by atoms with Crippen LogP contribution in [-0.4, -0.2) is 32.0 Å². The molecule has 0 fully saturated rings. The Balaban J connectivity index is 1.82. The zero-order valence-corrected chi connectivity index (χ0v) is 15.6. The molecule has 23 heavy (non-hydrogen) atoms. The lowest BCUT2D eigenvalue weighted by molar-refractivity contribution is 0.0995. The highest BCUT2D eigenvalue weighted by molar-refractivity contribution is 8.03. The van der Waals surface area contributed by atoms with Crippen LogP contribution in [0.15, 0.2) is 32.9 Å². The molecular weight excluding hydrogens is 346 g/mol. The highest BCUT2D eigenvalue weighted by Crippen LogP contribution is 2.33. The number of nitrogens with zero attached hydrogens (tertiary/aromatic N) is 2. The minimum atomic E-state index is -0.194. The zero-order chi connectivity index (χ0) is 16.4. The second-order valence-corrected chi connectivity index (χ2v) is 9.14. The fourth-order valence-electron chi connectivity index (χ4n) is 2.43. The lowest BCUT2D eigenvalue weighted by Gasteiger charge is -2.08. The molecule has 0 spiro atoms. The zero-order valence-electron chi connectivity index (χ0n) is 13.1. The summed E-state index contributed by atoms with van der Waals surface area (Å²) in [5.41, 5.74) is 2.71. The molecule has 0 saturated heterocycles. The van der Waals surface area contributed by atoms with E-state index < -0.39 is 0 Å². The average molecular weight is 364 g/mol. The molecule has 0 bridgehead atoms. The van der Waals surface area contributed by atoms with Gasteiger partial charge in [-0.1, -0.05) is 60.0 Å². The van der Waals surface area contributed by atoms with Gasteiger partial charge in [0, 0.05) is 22.2 Å². The number of thioether (sulfide) groups is 2. The summed E-state index contributed by atoms with van der Waals surface area (Å²) in [5, 5.41) is 9.11. The van der Waals surface area contributed by atoms with Gasteiger partial charge in [-0.25, -0.2) is 0 Å². The van der Waals surface area contributed by atoms with Crippen LogP contribution in [0, 0.1) is 6.92 Å². The van der Waals surface area contributed by atoms with Gasteiger partial charge in [-0.15, -0.1) is 10.2 Å². The highest BCUT2D eigenvalue weighted by atomic mass is 32.2. The number of para-hydroxylation sites is 1. The van der Waals surface area contributed by atoms with E-state index >= 15 is 0 Å². The number of aromatic nitrogens is 3. The molecular formula is C16H17N3OS3. The summed E-state index contributed by atoms with van der Waals surface area (Å²) in [7, 11) is 0. The minimum absolute atomic E-state index is 0.129. The molecule has 3 rings (SSSR count). The van der Waals surface area contributed by atoms with Crippen molar-refractivity contribution in [2.24, 2.45) is 0 Å². The Morgan fingerprint density at radius 3 is 2.83 bits per heavy atom. The van der Waals surface area contributed by atoms with E-state index in [2.05, 4.69) is 22.1 Å². The molecule has 1 atom stereocenters. The Morgan fingerprint density at radius 2 is 2.04 bits per heavy atom. The van der Waals surface area contributed by atoms with E-state index in [0.717, 1.165) is 36.6 Å². The van der Waals surface area contributed by atoms with Crippen LogP contribution in [0.3, 0.4) is 0 Å². The fraction of sp³-hybridized carbons (Fsp3) is 0.312. The summed E-state index contributed by atoms with van der Waals surface area (Å²) < 4.78 is 1.80. The first-order valence-electron chi connectivity index (χ1n) is 7.34. The number of carbonyl (C=O) groups is 1. The Morgan fingerprint density at radius 1 is 1.30 bits per heavy atom. The monoisotopic (exact) mass is 363 g/mol. The molecule has 3 aromatic rings. The maximum Gasteiger partial charge on any atom is 0.178 e. The van der Waals surface area contributed by atoms with E-state index in [4.69, 9.17) is 0 Å². The number of ketones is 1. The predicted octanol–water partition coefficient (Wildman–Crippen LogP) is 4.80. The lowest BCUT2D eigenvalue weighted by atomic mass is 10.1. The van der Waals surface area contributed by atoms with Gasteiger partial charge < -0.3 is 4.98 Å². The predicted molar refractivity (Wildman–Crippen MR) is 99.0 cm³/mol. The topological polar surface area (TPSA) is 58.6 Å². The van der Waals surface area contributed by atoms with Crippen molar-refractivity contribution >= 4 is 51.5 Å². The number of nitrogens with one attached hydrogen (secondary N) is 1. The van der Waals surface area contributed by atoms with Crippen LogP contribution in [0.5, 0.6) is 0 Å². The molecule has 0 amide bonds. The third-order valence-electron chi connectivity index (χ3n) is 3.44. The number of rotatable bonds is 6. The van der Waals surface area contributed by atoms with Crippen molar-refractivity contribution in [3.8, 4) is 0 Å². The van der Waals surface area contributed by atoms with Gasteiger partial charge in [0.2, 0.25) is 0 Å². The Hall–Kier alpha value is -1.31. The Bertz CT molecular complexity index is 840. The molecule has 0 unspecified atom stereocenters. The van der Waals surface area contributed by atoms with Gasteiger partial charge in [0.15, 0.2) is 14.5 Å². The van der Waals surface area contributed by atoms with E-state index in [1.807, 2.05) is 38.1 Å². The van der Waals surface area contributed by atoms with Crippen LogP contribution in [0.1, 0.15) is 29.9 Å². The molecule has 0 aliphatic carbocycles. The Labute approximate surface area is 147 Å². The molecule has 120 valence electrons. The maximum atomic E-state index is 12.9. The normalized spacial score (nSPS) is 12.7. The van der Waals surface area contributed by atoms with Gasteiger partial charge in [-0.05, 0) is 25.7 Å². The van der Waals surface area contributed by atoms with Crippen molar-refractivity contribution in [1.82, 2.24) is 15.2 Å². The van der Waals surface area contributed by atoms with Gasteiger partial charge in [-0.2, -0.15) is 0 Å². The molecule has 2 heterocycles. The van der Waals surface area contributed by atoms with E-state index in [9.17, 15) is 4.79 Å². The molecule has 2 aromatic heterocycles. The SMILES string of the molecule is CCSc1nnc(S[C@@H](C)C(=O)c2c(C)[nH]c3ccccc23)s1. The summed E-state index contributed by atoms with van der Waals surface area (Å²) >= 11 is 4.71. The summed E-state index contributed by atoms with van der Waals surface area (Å²) in [6.45, 7) is 5.97. The first-order valence-corrected chi connectivity index (χ1v) is 10.0. The van der Waals surface area contributed by atoms with Gasteiger partial charge in [-0.3, -0.25) is 4.79 Å². The van der Waals surface area contributed by atoms with Crippen LogP contribution >= 0.6 is 34.9 Å². The molecule has 0 aliphatic rings. The van der Waals surface area contributed by atoms with Crippen molar-refractivity contribution in [2.45, 2.75) is 34.7 Å². The third-order valence-corrected chi connectivity index (χ3v) is 6.57. The second kappa shape index (κ2) is 7.07. The first-order chi connectivity index (χ1) is 11.1. The smallest absolute Gasteiger partial charge is 0.178 e. The quantitative estimate of drug-likeness (QED) is 0.503. The molecule has 4 nitrogen and oxygen atoms in total. The van der Waals surface area contributed by atoms with Gasteiger partial charge in [0.05, 0.1) is 5.25 Å². The summed E-state index contributed by atoms with van der Waals surface area (Å²) in [6, 6.07) is 7.92. The fourth-order valence-corrected chi connectivity index (χ4v) is 5.55. The van der Waals surface area contributed by atoms with Crippen LogP contribution in [0.4, 0.5) is 0 Å². The summed E-state index contributed by atoms with van der Waals surface area (Å²) in [6.07, 6.45) is 0. The number of Topliss-reactive ketones (excluding diaryl/α,β-unsaturated/α-hetero) is 1. The maximum absolute atomic E-state index is 12.9. The molecule has 7 heteroatoms. The van der Waals surface area contributed by atoms with Crippen LogP contribution in [0.25, 0.3) is 10.9 Å². The second-order valence-electron chi connectivity index (χ2n) is 5.06. The number of benzene rings is 1. The van der Waals surface area contributed by atoms with Gasteiger partial charge in [0.1, 0.15) is 0 Å². The van der Waals surface area contributed by atoms with E-state index in [1.165, 1.54) is 11.8 Å². The number of H-pyrrole nitrogens is 1. The number of hydrogen-bond acceptors (Lipinski definition) is 6. The van der Waals surface area contributed by atoms with E-state index in [0.29, 0.717) is 0 Å². The molecule has 0 radical (unpaired) electrons. The number of aryl methyl sites for hydroxylation is 1. The third kappa shape index (κ3) is 3.46. The Kier molecular flexibility index (Phi) is 5.08. The van der Waals surface area contributed by atoms with Crippen molar-refractivity contribution in [1.29, 1.82) is 0 Å². The average Bonchev–Trinajstić information content (AvgIpc) is 3.10. The first kappa shape index (κ1) is 16.5. The van der Waals surface area contributed by atoms with Crippen molar-refractivity contribution in [3.05, 3.63) is 35.5 Å². The van der Waals surface area contributed by atoms with Crippen LogP contribution < -0.4 is 0 Å². The van der Waals surface area contributed by atoms with Crippen molar-refractivity contribution in [2.75, 3.05) is 5.75 Å². The van der Waals surface area contributed by atoms with Gasteiger partial charge in [0.25, 0.3) is 0 Å². The molecule has 0 aliphatic heterocycles.